The fraction of sp³-hybridized carbons (Fsp3) is 0.500. The zero-order valence-corrected chi connectivity index (χ0v) is 10.5. The smallest absolute Gasteiger partial charge is 0.217 e. The van der Waals surface area contributed by atoms with Crippen LogP contribution in [0.15, 0.2) is 23.2 Å². The molecule has 16 heavy (non-hydrogen) atoms. The van der Waals surface area contributed by atoms with Gasteiger partial charge in [0.05, 0.1) is 5.54 Å². The summed E-state index contributed by atoms with van der Waals surface area (Å²) in [4.78, 5) is 4.60. The van der Waals surface area contributed by atoms with E-state index in [2.05, 4.69) is 50.9 Å². The van der Waals surface area contributed by atoms with Crippen molar-refractivity contribution < 1.29 is 4.74 Å². The molecule has 86 valence electrons. The predicted octanol–water partition coefficient (Wildman–Crippen LogP) is 3.11. The Bertz CT molecular complexity index is 432. The molecule has 0 aromatic heterocycles. The Balaban J connectivity index is 2.35. The number of benzene rings is 1. The standard InChI is InChI=1S/C14H19NO/c1-5-11-6-7-12(10(2)8-11)13-15-14(3,4)9-16-13/h6-8H,5,9H2,1-4H3. The zero-order valence-electron chi connectivity index (χ0n) is 10.5. The average Bonchev–Trinajstić information content (AvgIpc) is 2.58. The van der Waals surface area contributed by atoms with Gasteiger partial charge in [-0.2, -0.15) is 0 Å². The lowest BCUT2D eigenvalue weighted by atomic mass is 10.0. The molecular weight excluding hydrogens is 198 g/mol. The monoisotopic (exact) mass is 217 g/mol. The van der Waals surface area contributed by atoms with Gasteiger partial charge >= 0.3 is 0 Å². The van der Waals surface area contributed by atoms with Gasteiger partial charge in [0.25, 0.3) is 0 Å². The van der Waals surface area contributed by atoms with Gasteiger partial charge < -0.3 is 4.74 Å². The van der Waals surface area contributed by atoms with E-state index in [1.165, 1.54) is 11.1 Å². The van der Waals surface area contributed by atoms with Crippen LogP contribution in [-0.4, -0.2) is 18.0 Å². The second-order valence-corrected chi connectivity index (χ2v) is 5.02. The van der Waals surface area contributed by atoms with Crippen LogP contribution in [0, 0.1) is 6.92 Å². The molecule has 0 saturated carbocycles. The third-order valence-corrected chi connectivity index (χ3v) is 2.90. The molecule has 0 atom stereocenters. The molecule has 2 heteroatoms. The van der Waals surface area contributed by atoms with Gasteiger partial charge in [0.2, 0.25) is 5.90 Å². The highest BCUT2D eigenvalue weighted by atomic mass is 16.5. The van der Waals surface area contributed by atoms with Crippen molar-refractivity contribution in [2.75, 3.05) is 6.61 Å². The molecule has 1 aromatic carbocycles. The van der Waals surface area contributed by atoms with Crippen molar-refractivity contribution in [3.63, 3.8) is 0 Å². The van der Waals surface area contributed by atoms with Crippen LogP contribution in [0.5, 0.6) is 0 Å². The normalized spacial score (nSPS) is 18.1. The van der Waals surface area contributed by atoms with E-state index in [1.54, 1.807) is 0 Å². The molecule has 0 bridgehead atoms. The van der Waals surface area contributed by atoms with Gasteiger partial charge in [-0.05, 0) is 44.4 Å². The van der Waals surface area contributed by atoms with Crippen molar-refractivity contribution in [3.8, 4) is 0 Å². The summed E-state index contributed by atoms with van der Waals surface area (Å²) >= 11 is 0. The van der Waals surface area contributed by atoms with E-state index in [4.69, 9.17) is 4.74 Å². The maximum atomic E-state index is 5.66. The number of aliphatic imine (C=N–C) groups is 1. The molecule has 1 aliphatic rings. The minimum Gasteiger partial charge on any atom is -0.475 e. The number of hydrogen-bond acceptors (Lipinski definition) is 2. The quantitative estimate of drug-likeness (QED) is 0.746. The van der Waals surface area contributed by atoms with Gasteiger partial charge in [-0.1, -0.05) is 19.1 Å². The van der Waals surface area contributed by atoms with Crippen molar-refractivity contribution in [3.05, 3.63) is 34.9 Å². The Morgan fingerprint density at radius 2 is 2.12 bits per heavy atom. The van der Waals surface area contributed by atoms with Crippen LogP contribution in [0.4, 0.5) is 0 Å². The Hall–Kier alpha value is -1.31. The summed E-state index contributed by atoms with van der Waals surface area (Å²) in [5.74, 6) is 0.796. The Labute approximate surface area is 97.4 Å². The van der Waals surface area contributed by atoms with E-state index in [0.29, 0.717) is 6.61 Å². The first-order chi connectivity index (χ1) is 7.52. The zero-order chi connectivity index (χ0) is 11.8. The van der Waals surface area contributed by atoms with Crippen LogP contribution >= 0.6 is 0 Å². The van der Waals surface area contributed by atoms with Gasteiger partial charge in [0.15, 0.2) is 0 Å². The maximum Gasteiger partial charge on any atom is 0.217 e. The van der Waals surface area contributed by atoms with Crippen molar-refractivity contribution in [1.82, 2.24) is 0 Å². The summed E-state index contributed by atoms with van der Waals surface area (Å²) in [6, 6.07) is 6.49. The number of ether oxygens (including phenoxy) is 1. The molecule has 1 heterocycles. The lowest BCUT2D eigenvalue weighted by Crippen LogP contribution is -2.17. The second-order valence-electron chi connectivity index (χ2n) is 5.02. The summed E-state index contributed by atoms with van der Waals surface area (Å²) < 4.78 is 5.66. The average molecular weight is 217 g/mol. The predicted molar refractivity (Wildman–Crippen MR) is 67.1 cm³/mol. The Morgan fingerprint density at radius 3 is 2.62 bits per heavy atom. The number of rotatable bonds is 2. The fourth-order valence-electron chi connectivity index (χ4n) is 1.91. The van der Waals surface area contributed by atoms with Gasteiger partial charge in [-0.3, -0.25) is 0 Å². The highest BCUT2D eigenvalue weighted by Crippen LogP contribution is 2.22. The molecule has 2 rings (SSSR count). The molecule has 1 aromatic rings. The van der Waals surface area contributed by atoms with Gasteiger partial charge in [0, 0.05) is 5.56 Å². The highest BCUT2D eigenvalue weighted by molar-refractivity contribution is 5.96. The molecule has 2 nitrogen and oxygen atoms in total. The highest BCUT2D eigenvalue weighted by Gasteiger charge is 2.27. The summed E-state index contributed by atoms with van der Waals surface area (Å²) in [6.07, 6.45) is 1.07. The summed E-state index contributed by atoms with van der Waals surface area (Å²) in [5.41, 5.74) is 3.66. The van der Waals surface area contributed by atoms with E-state index in [-0.39, 0.29) is 5.54 Å². The van der Waals surface area contributed by atoms with Crippen molar-refractivity contribution in [1.29, 1.82) is 0 Å². The van der Waals surface area contributed by atoms with Gasteiger partial charge in [-0.25, -0.2) is 4.99 Å². The minimum atomic E-state index is -0.0782. The number of nitrogens with zero attached hydrogens (tertiary/aromatic N) is 1. The maximum absolute atomic E-state index is 5.66. The summed E-state index contributed by atoms with van der Waals surface area (Å²) in [7, 11) is 0. The lowest BCUT2D eigenvalue weighted by molar-refractivity contribution is 0.279. The molecular formula is C14H19NO. The number of hydrogen-bond donors (Lipinski definition) is 0. The van der Waals surface area contributed by atoms with E-state index >= 15 is 0 Å². The van der Waals surface area contributed by atoms with E-state index < -0.39 is 0 Å². The van der Waals surface area contributed by atoms with Crippen LogP contribution < -0.4 is 0 Å². The van der Waals surface area contributed by atoms with Crippen LogP contribution in [-0.2, 0) is 11.2 Å². The molecule has 0 amide bonds. The fourth-order valence-corrected chi connectivity index (χ4v) is 1.91. The van der Waals surface area contributed by atoms with Crippen molar-refractivity contribution >= 4 is 5.90 Å². The lowest BCUT2D eigenvalue weighted by Gasteiger charge is -2.07. The molecule has 0 N–H and O–H groups in total. The van der Waals surface area contributed by atoms with E-state index in [0.717, 1.165) is 17.9 Å². The second kappa shape index (κ2) is 3.93. The largest absolute Gasteiger partial charge is 0.475 e. The molecule has 0 spiro atoms. The third kappa shape index (κ3) is 2.11. The van der Waals surface area contributed by atoms with E-state index in [9.17, 15) is 0 Å². The third-order valence-electron chi connectivity index (χ3n) is 2.90. The van der Waals surface area contributed by atoms with Crippen molar-refractivity contribution in [2.24, 2.45) is 4.99 Å². The first-order valence-electron chi connectivity index (χ1n) is 5.84. The molecule has 0 aliphatic carbocycles. The van der Waals surface area contributed by atoms with Crippen LogP contribution in [0.2, 0.25) is 0 Å². The first kappa shape index (κ1) is 11.2. The van der Waals surface area contributed by atoms with Crippen LogP contribution in [0.25, 0.3) is 0 Å². The summed E-state index contributed by atoms with van der Waals surface area (Å²) in [6.45, 7) is 9.15. The minimum absolute atomic E-state index is 0.0782. The first-order valence-corrected chi connectivity index (χ1v) is 5.84. The van der Waals surface area contributed by atoms with Crippen LogP contribution in [0.3, 0.4) is 0 Å². The van der Waals surface area contributed by atoms with E-state index in [1.807, 2.05) is 0 Å². The van der Waals surface area contributed by atoms with Crippen molar-refractivity contribution in [2.45, 2.75) is 39.7 Å². The SMILES string of the molecule is CCc1ccc(C2=NC(C)(C)CO2)c(C)c1. The number of aryl methyl sites for hydroxylation is 2. The molecule has 1 aliphatic heterocycles. The van der Waals surface area contributed by atoms with Crippen LogP contribution in [0.1, 0.15) is 37.5 Å². The topological polar surface area (TPSA) is 21.6 Å². The Morgan fingerprint density at radius 1 is 1.38 bits per heavy atom. The molecule has 0 fully saturated rings. The van der Waals surface area contributed by atoms with Gasteiger partial charge in [0.1, 0.15) is 6.61 Å². The molecule has 0 radical (unpaired) electrons. The summed E-state index contributed by atoms with van der Waals surface area (Å²) in [5, 5.41) is 0. The molecule has 0 unspecified atom stereocenters. The molecule has 0 saturated heterocycles. The van der Waals surface area contributed by atoms with Gasteiger partial charge in [-0.15, -0.1) is 0 Å². The Kier molecular flexibility index (Phi) is 2.75.